The number of aryl methyl sites for hydroxylation is 1. The fourth-order valence-electron chi connectivity index (χ4n) is 1.41. The number of thioether (sulfide) groups is 1. The first-order valence-corrected chi connectivity index (χ1v) is 6.23. The molecule has 0 saturated heterocycles. The van der Waals surface area contributed by atoms with Crippen LogP contribution in [0, 0.1) is 6.92 Å². The molecule has 1 aromatic carbocycles. The number of para-hydroxylation sites is 1. The van der Waals surface area contributed by atoms with Gasteiger partial charge in [0.25, 0.3) is 0 Å². The Labute approximate surface area is 108 Å². The molecule has 0 atom stereocenters. The molecule has 3 N–H and O–H groups in total. The third-order valence-corrected chi connectivity index (χ3v) is 3.53. The van der Waals surface area contributed by atoms with Crippen molar-refractivity contribution in [1.82, 2.24) is 5.16 Å². The van der Waals surface area contributed by atoms with Gasteiger partial charge >= 0.3 is 5.97 Å². The van der Waals surface area contributed by atoms with E-state index in [9.17, 15) is 4.79 Å². The van der Waals surface area contributed by atoms with Crippen molar-refractivity contribution in [2.45, 2.75) is 17.6 Å². The van der Waals surface area contributed by atoms with E-state index in [4.69, 9.17) is 15.4 Å². The average molecular weight is 264 g/mol. The zero-order valence-electron chi connectivity index (χ0n) is 9.71. The zero-order valence-corrected chi connectivity index (χ0v) is 10.5. The minimum Gasteiger partial charge on any atom is -0.476 e. The SMILES string of the molecule is Cc1cccc(SCc2cc(C(=O)O)no2)c1N. The number of carbonyl (C=O) groups is 1. The molecule has 0 bridgehead atoms. The summed E-state index contributed by atoms with van der Waals surface area (Å²) in [4.78, 5) is 11.6. The smallest absolute Gasteiger partial charge is 0.358 e. The lowest BCUT2D eigenvalue weighted by atomic mass is 10.2. The zero-order chi connectivity index (χ0) is 13.1. The van der Waals surface area contributed by atoms with Crippen LogP contribution in [0.25, 0.3) is 0 Å². The van der Waals surface area contributed by atoms with E-state index in [0.29, 0.717) is 11.5 Å². The Bertz CT molecular complexity index is 580. The largest absolute Gasteiger partial charge is 0.476 e. The first kappa shape index (κ1) is 12.5. The number of aromatic nitrogens is 1. The van der Waals surface area contributed by atoms with Crippen molar-refractivity contribution >= 4 is 23.4 Å². The number of carboxylic acid groups (broad SMARTS) is 1. The average Bonchev–Trinajstić information content (AvgIpc) is 2.80. The standard InChI is InChI=1S/C12H12N2O3S/c1-7-3-2-4-10(11(7)13)18-6-8-5-9(12(15)16)14-17-8/h2-5H,6,13H2,1H3,(H,15,16). The number of hydrogen-bond acceptors (Lipinski definition) is 5. The highest BCUT2D eigenvalue weighted by Crippen LogP contribution is 2.30. The molecule has 5 nitrogen and oxygen atoms in total. The van der Waals surface area contributed by atoms with Crippen LogP contribution in [0.1, 0.15) is 21.8 Å². The van der Waals surface area contributed by atoms with E-state index in [1.807, 2.05) is 25.1 Å². The molecule has 0 amide bonds. The Morgan fingerprint density at radius 3 is 3.00 bits per heavy atom. The number of hydrogen-bond donors (Lipinski definition) is 2. The molecular formula is C12H12N2O3S. The van der Waals surface area contributed by atoms with E-state index < -0.39 is 5.97 Å². The summed E-state index contributed by atoms with van der Waals surface area (Å²) in [5, 5.41) is 12.2. The van der Waals surface area contributed by atoms with Gasteiger partial charge in [-0.3, -0.25) is 0 Å². The van der Waals surface area contributed by atoms with E-state index >= 15 is 0 Å². The van der Waals surface area contributed by atoms with Crippen LogP contribution in [-0.2, 0) is 5.75 Å². The third kappa shape index (κ3) is 2.65. The molecule has 0 aliphatic carbocycles. The molecule has 18 heavy (non-hydrogen) atoms. The molecule has 1 heterocycles. The Morgan fingerprint density at radius 1 is 1.56 bits per heavy atom. The van der Waals surface area contributed by atoms with Crippen LogP contribution in [0.15, 0.2) is 33.7 Å². The number of anilines is 1. The van der Waals surface area contributed by atoms with Gasteiger partial charge in [-0.25, -0.2) is 4.79 Å². The van der Waals surface area contributed by atoms with E-state index in [2.05, 4.69) is 5.16 Å². The molecule has 94 valence electrons. The van der Waals surface area contributed by atoms with Crippen LogP contribution in [0.4, 0.5) is 5.69 Å². The van der Waals surface area contributed by atoms with Crippen LogP contribution in [-0.4, -0.2) is 16.2 Å². The maximum Gasteiger partial charge on any atom is 0.358 e. The lowest BCUT2D eigenvalue weighted by Crippen LogP contribution is -1.94. The number of benzene rings is 1. The summed E-state index contributed by atoms with van der Waals surface area (Å²) >= 11 is 1.49. The Morgan fingerprint density at radius 2 is 2.33 bits per heavy atom. The van der Waals surface area contributed by atoms with E-state index in [1.165, 1.54) is 17.8 Å². The van der Waals surface area contributed by atoms with Crippen LogP contribution in [0.2, 0.25) is 0 Å². The predicted molar refractivity (Wildman–Crippen MR) is 68.6 cm³/mol. The van der Waals surface area contributed by atoms with Gasteiger partial charge in [0.1, 0.15) is 5.76 Å². The number of carboxylic acids is 1. The predicted octanol–water partition coefficient (Wildman–Crippen LogP) is 2.56. The summed E-state index contributed by atoms with van der Waals surface area (Å²) in [6.07, 6.45) is 0. The van der Waals surface area contributed by atoms with Crippen molar-refractivity contribution in [2.24, 2.45) is 0 Å². The number of aromatic carboxylic acids is 1. The van der Waals surface area contributed by atoms with Crippen molar-refractivity contribution in [3.8, 4) is 0 Å². The molecule has 0 radical (unpaired) electrons. The summed E-state index contributed by atoms with van der Waals surface area (Å²) in [5.41, 5.74) is 7.61. The molecule has 0 saturated carbocycles. The molecule has 0 aliphatic rings. The maximum absolute atomic E-state index is 10.6. The summed E-state index contributed by atoms with van der Waals surface area (Å²) in [6.45, 7) is 1.94. The van der Waals surface area contributed by atoms with Crippen molar-refractivity contribution in [1.29, 1.82) is 0 Å². The van der Waals surface area contributed by atoms with Gasteiger partial charge in [0, 0.05) is 16.6 Å². The number of nitrogens with zero attached hydrogens (tertiary/aromatic N) is 1. The minimum atomic E-state index is -1.09. The van der Waals surface area contributed by atoms with E-state index in [-0.39, 0.29) is 5.69 Å². The molecule has 0 spiro atoms. The van der Waals surface area contributed by atoms with Gasteiger partial charge in [-0.2, -0.15) is 0 Å². The molecule has 0 aliphatic heterocycles. The highest BCUT2D eigenvalue weighted by atomic mass is 32.2. The topological polar surface area (TPSA) is 89.3 Å². The molecule has 2 rings (SSSR count). The first-order chi connectivity index (χ1) is 8.58. The Kier molecular flexibility index (Phi) is 3.57. The molecule has 6 heteroatoms. The third-order valence-electron chi connectivity index (χ3n) is 2.43. The molecule has 0 fully saturated rings. The van der Waals surface area contributed by atoms with Crippen molar-refractivity contribution in [3.63, 3.8) is 0 Å². The molecular weight excluding hydrogens is 252 g/mol. The summed E-state index contributed by atoms with van der Waals surface area (Å²) in [6, 6.07) is 7.20. The highest BCUT2D eigenvalue weighted by Gasteiger charge is 2.11. The maximum atomic E-state index is 10.6. The molecule has 0 unspecified atom stereocenters. The van der Waals surface area contributed by atoms with Crippen molar-refractivity contribution < 1.29 is 14.4 Å². The molecule has 1 aromatic heterocycles. The van der Waals surface area contributed by atoms with Gasteiger partial charge in [-0.15, -0.1) is 11.8 Å². The Hall–Kier alpha value is -1.95. The number of rotatable bonds is 4. The fraction of sp³-hybridized carbons (Fsp3) is 0.167. The second kappa shape index (κ2) is 5.14. The lowest BCUT2D eigenvalue weighted by molar-refractivity contribution is 0.0685. The lowest BCUT2D eigenvalue weighted by Gasteiger charge is -2.06. The minimum absolute atomic E-state index is 0.0807. The van der Waals surface area contributed by atoms with Crippen molar-refractivity contribution in [2.75, 3.05) is 5.73 Å². The highest BCUT2D eigenvalue weighted by molar-refractivity contribution is 7.98. The van der Waals surface area contributed by atoms with Gasteiger partial charge in [0.2, 0.25) is 0 Å². The van der Waals surface area contributed by atoms with Crippen LogP contribution in [0.3, 0.4) is 0 Å². The second-order valence-electron chi connectivity index (χ2n) is 3.76. The van der Waals surface area contributed by atoms with Crippen LogP contribution >= 0.6 is 11.8 Å². The quantitative estimate of drug-likeness (QED) is 0.651. The van der Waals surface area contributed by atoms with Crippen LogP contribution < -0.4 is 5.73 Å². The van der Waals surface area contributed by atoms with Gasteiger partial charge < -0.3 is 15.4 Å². The summed E-state index contributed by atoms with van der Waals surface area (Å²) in [5.74, 6) is -0.0862. The van der Waals surface area contributed by atoms with E-state index in [0.717, 1.165) is 16.1 Å². The normalized spacial score (nSPS) is 10.5. The number of nitrogens with two attached hydrogens (primary N) is 1. The Balaban J connectivity index is 2.07. The second-order valence-corrected chi connectivity index (χ2v) is 4.78. The number of nitrogen functional groups attached to an aromatic ring is 1. The summed E-state index contributed by atoms with van der Waals surface area (Å²) < 4.78 is 4.93. The van der Waals surface area contributed by atoms with Gasteiger partial charge in [-0.05, 0) is 18.6 Å². The first-order valence-electron chi connectivity index (χ1n) is 5.24. The van der Waals surface area contributed by atoms with Crippen LogP contribution in [0.5, 0.6) is 0 Å². The summed E-state index contributed by atoms with van der Waals surface area (Å²) in [7, 11) is 0. The van der Waals surface area contributed by atoms with Gasteiger partial charge in [0.05, 0.1) is 5.75 Å². The molecule has 2 aromatic rings. The van der Waals surface area contributed by atoms with Gasteiger partial charge in [0.15, 0.2) is 5.69 Å². The van der Waals surface area contributed by atoms with Gasteiger partial charge in [-0.1, -0.05) is 17.3 Å². The van der Waals surface area contributed by atoms with E-state index in [1.54, 1.807) is 0 Å². The monoisotopic (exact) mass is 264 g/mol. The van der Waals surface area contributed by atoms with Crippen molar-refractivity contribution in [3.05, 3.63) is 41.3 Å². The fourth-order valence-corrected chi connectivity index (χ4v) is 2.34.